The fourth-order valence-corrected chi connectivity index (χ4v) is 2.02. The molecule has 0 aliphatic heterocycles. The Hall–Kier alpha value is -4.26. The molecule has 2 aromatic carbocycles. The Morgan fingerprint density at radius 1 is 0.759 bits per heavy atom. The number of benzene rings is 2. The molecule has 0 heterocycles. The summed E-state index contributed by atoms with van der Waals surface area (Å²) >= 11 is 0. The van der Waals surface area contributed by atoms with Gasteiger partial charge >= 0.3 is 0 Å². The maximum atomic E-state index is 10.5. The van der Waals surface area contributed by atoms with Gasteiger partial charge in [0.1, 0.15) is 0 Å². The van der Waals surface area contributed by atoms with Crippen LogP contribution >= 0.6 is 0 Å². The Labute approximate surface area is 162 Å². The molecule has 0 saturated carbocycles. The van der Waals surface area contributed by atoms with E-state index in [1.54, 1.807) is 0 Å². The van der Waals surface area contributed by atoms with Crippen molar-refractivity contribution in [3.63, 3.8) is 0 Å². The van der Waals surface area contributed by atoms with Gasteiger partial charge in [0.15, 0.2) is 0 Å². The number of aliphatic hydroxyl groups excluding tert-OH is 1. The van der Waals surface area contributed by atoms with Gasteiger partial charge in [-0.1, -0.05) is 12.7 Å². The third-order valence-electron chi connectivity index (χ3n) is 3.41. The van der Waals surface area contributed by atoms with Crippen LogP contribution in [0.15, 0.2) is 43.0 Å². The topological polar surface area (TPSA) is 193 Å². The minimum Gasteiger partial charge on any atom is -0.389 e. The average Bonchev–Trinajstić information content (AvgIpc) is 2.67. The second-order valence-electron chi connectivity index (χ2n) is 5.47. The highest BCUT2D eigenvalue weighted by molar-refractivity contribution is 5.57. The van der Waals surface area contributed by atoms with Crippen molar-refractivity contribution in [3.8, 4) is 0 Å². The molecule has 0 aliphatic rings. The Morgan fingerprint density at radius 2 is 1.07 bits per heavy atom. The second-order valence-corrected chi connectivity index (χ2v) is 5.47. The van der Waals surface area contributed by atoms with Crippen LogP contribution in [0.3, 0.4) is 0 Å². The molecule has 0 aromatic heterocycles. The molecule has 0 saturated heterocycles. The van der Waals surface area contributed by atoms with Gasteiger partial charge in [-0.25, -0.2) is 0 Å². The monoisotopic (exact) mass is 406 g/mol. The molecule has 1 unspecified atom stereocenters. The largest absolute Gasteiger partial charge is 0.389 e. The molecule has 13 heteroatoms. The Morgan fingerprint density at radius 3 is 1.31 bits per heavy atom. The van der Waals surface area contributed by atoms with E-state index in [1.807, 2.05) is 0 Å². The van der Waals surface area contributed by atoms with Gasteiger partial charge < -0.3 is 5.11 Å². The summed E-state index contributed by atoms with van der Waals surface area (Å²) in [6.45, 7) is 4.76. The number of aliphatic hydroxyl groups is 1. The van der Waals surface area contributed by atoms with E-state index >= 15 is 0 Å². The summed E-state index contributed by atoms with van der Waals surface area (Å²) in [5, 5.41) is 50.9. The average molecular weight is 406 g/mol. The van der Waals surface area contributed by atoms with Gasteiger partial charge in [0.2, 0.25) is 0 Å². The van der Waals surface area contributed by atoms with E-state index < -0.39 is 37.2 Å². The molecule has 2 aromatic rings. The van der Waals surface area contributed by atoms with Crippen LogP contribution in [0.2, 0.25) is 0 Å². The molecule has 1 N–H and O–H groups in total. The minimum absolute atomic E-state index is 0.149. The zero-order valence-electron chi connectivity index (χ0n) is 14.8. The van der Waals surface area contributed by atoms with Crippen molar-refractivity contribution in [1.29, 1.82) is 0 Å². The molecule has 29 heavy (non-hydrogen) atoms. The molecule has 0 spiro atoms. The van der Waals surface area contributed by atoms with Crippen LogP contribution in [0, 0.1) is 40.5 Å². The molecular weight excluding hydrogens is 392 g/mol. The van der Waals surface area contributed by atoms with Gasteiger partial charge in [0, 0.05) is 24.3 Å². The first kappa shape index (κ1) is 22.8. The van der Waals surface area contributed by atoms with Crippen molar-refractivity contribution in [3.05, 3.63) is 94.6 Å². The molecule has 0 radical (unpaired) electrons. The van der Waals surface area contributed by atoms with Gasteiger partial charge in [-0.15, -0.1) is 0 Å². The maximum Gasteiger partial charge on any atom is 0.276 e. The first-order valence-corrected chi connectivity index (χ1v) is 7.64. The first-order valence-electron chi connectivity index (χ1n) is 7.64. The fraction of sp³-hybridized carbons (Fsp3) is 0.125. The molecule has 0 aliphatic carbocycles. The van der Waals surface area contributed by atoms with Gasteiger partial charge in [-0.05, 0) is 18.1 Å². The summed E-state index contributed by atoms with van der Waals surface area (Å²) in [5.74, 6) is 0. The SMILES string of the molecule is C=Cc1cc([N+](=O)[O-])cc([N+](=O)[O-])c1.CC(O)c1cc([N+](=O)[O-])cc([N+](=O)[O-])c1. The zero-order chi connectivity index (χ0) is 22.3. The van der Waals surface area contributed by atoms with Gasteiger partial charge in [-0.2, -0.15) is 0 Å². The summed E-state index contributed by atoms with van der Waals surface area (Å²) in [7, 11) is 0. The normalized spacial score (nSPS) is 10.8. The van der Waals surface area contributed by atoms with Crippen LogP contribution < -0.4 is 0 Å². The molecule has 13 nitrogen and oxygen atoms in total. The number of nitrogens with zero attached hydrogens (tertiary/aromatic N) is 4. The van der Waals surface area contributed by atoms with Crippen molar-refractivity contribution in [2.24, 2.45) is 0 Å². The Bertz CT molecular complexity index is 924. The minimum atomic E-state index is -0.983. The summed E-state index contributed by atoms with van der Waals surface area (Å²) in [5.41, 5.74) is -0.926. The molecule has 1 atom stereocenters. The van der Waals surface area contributed by atoms with Crippen molar-refractivity contribution < 1.29 is 24.8 Å². The van der Waals surface area contributed by atoms with Crippen molar-refractivity contribution in [1.82, 2.24) is 0 Å². The summed E-state index contributed by atoms with van der Waals surface area (Å²) in [4.78, 5) is 38.9. The van der Waals surface area contributed by atoms with Gasteiger partial charge in [0.05, 0.1) is 37.9 Å². The van der Waals surface area contributed by atoms with Crippen molar-refractivity contribution in [2.75, 3.05) is 0 Å². The number of nitro groups is 4. The number of non-ortho nitro benzene ring substituents is 4. The fourth-order valence-electron chi connectivity index (χ4n) is 2.02. The van der Waals surface area contributed by atoms with Crippen LogP contribution in [0.5, 0.6) is 0 Å². The number of hydrogen-bond acceptors (Lipinski definition) is 9. The number of nitro benzene ring substituents is 4. The number of hydrogen-bond donors (Lipinski definition) is 1. The molecule has 2 rings (SSSR count). The predicted octanol–water partition coefficient (Wildman–Crippen LogP) is 3.70. The van der Waals surface area contributed by atoms with Crippen LogP contribution in [0.4, 0.5) is 22.7 Å². The Kier molecular flexibility index (Phi) is 7.55. The lowest BCUT2D eigenvalue weighted by Crippen LogP contribution is -1.97. The van der Waals surface area contributed by atoms with Crippen LogP contribution in [0.1, 0.15) is 24.2 Å². The van der Waals surface area contributed by atoms with Crippen molar-refractivity contribution in [2.45, 2.75) is 13.0 Å². The Balaban J connectivity index is 0.000000291. The lowest BCUT2D eigenvalue weighted by atomic mass is 10.1. The third-order valence-corrected chi connectivity index (χ3v) is 3.41. The molecule has 0 bridgehead atoms. The highest BCUT2D eigenvalue weighted by Crippen LogP contribution is 2.26. The van der Waals surface area contributed by atoms with E-state index in [9.17, 15) is 45.6 Å². The van der Waals surface area contributed by atoms with Crippen LogP contribution in [-0.4, -0.2) is 24.8 Å². The third kappa shape index (κ3) is 6.44. The summed E-state index contributed by atoms with van der Waals surface area (Å²) in [6.07, 6.45) is 0.337. The van der Waals surface area contributed by atoms with E-state index in [-0.39, 0.29) is 16.9 Å². The van der Waals surface area contributed by atoms with E-state index in [2.05, 4.69) is 6.58 Å². The lowest BCUT2D eigenvalue weighted by molar-refractivity contribution is -0.394. The van der Waals surface area contributed by atoms with Crippen LogP contribution in [0.25, 0.3) is 6.08 Å². The lowest BCUT2D eigenvalue weighted by Gasteiger charge is -2.03. The quantitative estimate of drug-likeness (QED) is 0.549. The summed E-state index contributed by atoms with van der Waals surface area (Å²) < 4.78 is 0. The molecule has 152 valence electrons. The maximum absolute atomic E-state index is 10.5. The van der Waals surface area contributed by atoms with E-state index in [0.717, 1.165) is 24.3 Å². The van der Waals surface area contributed by atoms with Crippen molar-refractivity contribution >= 4 is 28.8 Å². The standard InChI is InChI=1S/C8H8N2O5.C8H6N2O4/c1-5(11)6-2-7(9(12)13)4-8(3-6)10(14)15;1-2-6-3-7(9(11)12)5-8(4-6)10(13)14/h2-5,11H,1H3;2-5H,1H2. The van der Waals surface area contributed by atoms with Crippen LogP contribution in [-0.2, 0) is 0 Å². The van der Waals surface area contributed by atoms with Gasteiger partial charge in [0.25, 0.3) is 22.7 Å². The summed E-state index contributed by atoms with van der Waals surface area (Å²) in [6, 6.07) is 6.42. The predicted molar refractivity (Wildman–Crippen MR) is 100 cm³/mol. The highest BCUT2D eigenvalue weighted by atomic mass is 16.6. The van der Waals surface area contributed by atoms with Gasteiger partial charge in [-0.3, -0.25) is 40.5 Å². The molecule has 0 fully saturated rings. The van der Waals surface area contributed by atoms with E-state index in [1.165, 1.54) is 25.1 Å². The van der Waals surface area contributed by atoms with E-state index in [0.29, 0.717) is 5.56 Å². The molecule has 0 amide bonds. The molecular formula is C16H14N4O9. The first-order chi connectivity index (χ1) is 13.5. The zero-order valence-corrected chi connectivity index (χ0v) is 14.8. The number of rotatable bonds is 6. The smallest absolute Gasteiger partial charge is 0.276 e. The highest BCUT2D eigenvalue weighted by Gasteiger charge is 2.18. The second kappa shape index (κ2) is 9.61. The van der Waals surface area contributed by atoms with E-state index in [4.69, 9.17) is 0 Å².